The van der Waals surface area contributed by atoms with Crippen LogP contribution in [0.4, 0.5) is 13.2 Å². The van der Waals surface area contributed by atoms with Gasteiger partial charge < -0.3 is 15.8 Å². The van der Waals surface area contributed by atoms with Crippen LogP contribution in [-0.2, 0) is 6.54 Å². The molecule has 3 N–H and O–H groups in total. The van der Waals surface area contributed by atoms with E-state index < -0.39 is 12.8 Å². The maximum absolute atomic E-state index is 12.1. The zero-order chi connectivity index (χ0) is 15.9. The number of guanidine groups is 1. The van der Waals surface area contributed by atoms with Crippen molar-refractivity contribution in [2.75, 3.05) is 13.2 Å². The van der Waals surface area contributed by atoms with E-state index in [1.807, 2.05) is 6.92 Å². The number of aliphatic imine (C=N–C) groups is 1. The van der Waals surface area contributed by atoms with Crippen LogP contribution in [0.5, 0.6) is 5.75 Å². The number of hydrogen-bond donors (Lipinski definition) is 2. The van der Waals surface area contributed by atoms with Gasteiger partial charge >= 0.3 is 6.18 Å². The summed E-state index contributed by atoms with van der Waals surface area (Å²) < 4.78 is 40.9. The van der Waals surface area contributed by atoms with Crippen LogP contribution >= 0.6 is 0 Å². The summed E-state index contributed by atoms with van der Waals surface area (Å²) in [4.78, 5) is 4.08. The summed E-state index contributed by atoms with van der Waals surface area (Å²) >= 11 is 0. The zero-order valence-corrected chi connectivity index (χ0v) is 11.7. The maximum Gasteiger partial charge on any atom is 0.422 e. The summed E-state index contributed by atoms with van der Waals surface area (Å²) in [6, 6.07) is 6.30. The first-order chi connectivity index (χ1) is 9.76. The Morgan fingerprint density at radius 3 is 2.76 bits per heavy atom. The standard InChI is InChI=1S/C14H18F3N3O/c1-10(2)7-19-13(18)20-8-11-4-3-5-12(6-11)21-9-14(15,16)17/h3-6H,1,7-9H2,2H3,(H3,18,19,20). The van der Waals surface area contributed by atoms with Gasteiger partial charge in [-0.2, -0.15) is 13.2 Å². The van der Waals surface area contributed by atoms with Crippen LogP contribution in [0.25, 0.3) is 0 Å². The molecular weight excluding hydrogens is 283 g/mol. The van der Waals surface area contributed by atoms with Gasteiger partial charge in [0.05, 0.1) is 6.54 Å². The Balaban J connectivity index is 2.56. The number of halogens is 3. The summed E-state index contributed by atoms with van der Waals surface area (Å²) in [5.74, 6) is 0.396. The Morgan fingerprint density at radius 2 is 2.14 bits per heavy atom. The molecule has 0 bridgehead atoms. The van der Waals surface area contributed by atoms with Crippen LogP contribution in [0.1, 0.15) is 12.5 Å². The fraction of sp³-hybridized carbons (Fsp3) is 0.357. The van der Waals surface area contributed by atoms with Gasteiger partial charge in [0.15, 0.2) is 12.6 Å². The van der Waals surface area contributed by atoms with Crippen molar-refractivity contribution in [1.82, 2.24) is 5.32 Å². The molecule has 0 aliphatic rings. The highest BCUT2D eigenvalue weighted by molar-refractivity contribution is 5.78. The van der Waals surface area contributed by atoms with E-state index in [0.717, 1.165) is 5.57 Å². The van der Waals surface area contributed by atoms with Gasteiger partial charge in [0, 0.05) is 6.54 Å². The summed E-state index contributed by atoms with van der Waals surface area (Å²) in [6.07, 6.45) is -4.36. The molecule has 0 aliphatic carbocycles. The van der Waals surface area contributed by atoms with Gasteiger partial charge in [-0.15, -0.1) is 0 Å². The lowest BCUT2D eigenvalue weighted by Crippen LogP contribution is -2.32. The zero-order valence-electron chi connectivity index (χ0n) is 11.7. The highest BCUT2D eigenvalue weighted by Gasteiger charge is 2.28. The normalized spacial score (nSPS) is 12.1. The Bertz CT molecular complexity index is 512. The summed E-state index contributed by atoms with van der Waals surface area (Å²) in [5, 5.41) is 2.86. The number of nitrogens with one attached hydrogen (secondary N) is 1. The first-order valence-electron chi connectivity index (χ1n) is 6.23. The molecular formula is C14H18F3N3O. The monoisotopic (exact) mass is 301 g/mol. The Morgan fingerprint density at radius 1 is 1.43 bits per heavy atom. The SMILES string of the molecule is C=C(C)CNC(N)=NCc1cccc(OCC(F)(F)F)c1. The second-order valence-corrected chi connectivity index (χ2v) is 4.56. The Kier molecular flexibility index (Phi) is 6.08. The van der Waals surface area contributed by atoms with E-state index in [4.69, 9.17) is 5.73 Å². The van der Waals surface area contributed by atoms with Crippen molar-refractivity contribution >= 4 is 5.96 Å². The van der Waals surface area contributed by atoms with Crippen molar-refractivity contribution in [2.45, 2.75) is 19.6 Å². The second kappa shape index (κ2) is 7.56. The van der Waals surface area contributed by atoms with Crippen molar-refractivity contribution in [3.63, 3.8) is 0 Å². The van der Waals surface area contributed by atoms with Crippen molar-refractivity contribution in [2.24, 2.45) is 10.7 Å². The molecule has 0 aliphatic heterocycles. The molecule has 0 saturated heterocycles. The third-order valence-electron chi connectivity index (χ3n) is 2.30. The number of ether oxygens (including phenoxy) is 1. The number of alkyl halides is 3. The van der Waals surface area contributed by atoms with E-state index in [0.29, 0.717) is 12.1 Å². The Labute approximate surface area is 121 Å². The fourth-order valence-corrected chi connectivity index (χ4v) is 1.37. The molecule has 0 unspecified atom stereocenters. The van der Waals surface area contributed by atoms with Gasteiger partial charge in [-0.1, -0.05) is 24.3 Å². The van der Waals surface area contributed by atoms with Crippen molar-refractivity contribution < 1.29 is 17.9 Å². The average Bonchev–Trinajstić information content (AvgIpc) is 2.40. The topological polar surface area (TPSA) is 59.6 Å². The molecule has 1 aromatic carbocycles. The summed E-state index contributed by atoms with van der Waals surface area (Å²) in [6.45, 7) is 5.01. The molecule has 1 aromatic rings. The Hall–Kier alpha value is -2.18. The lowest BCUT2D eigenvalue weighted by atomic mass is 10.2. The van der Waals surface area contributed by atoms with Gasteiger partial charge in [0.1, 0.15) is 5.75 Å². The number of nitrogens with zero attached hydrogens (tertiary/aromatic N) is 1. The second-order valence-electron chi connectivity index (χ2n) is 4.56. The molecule has 1 rings (SSSR count). The molecule has 0 aromatic heterocycles. The average molecular weight is 301 g/mol. The van der Waals surface area contributed by atoms with E-state index in [1.165, 1.54) is 12.1 Å². The molecule has 0 saturated carbocycles. The van der Waals surface area contributed by atoms with Crippen LogP contribution in [0.3, 0.4) is 0 Å². The van der Waals surface area contributed by atoms with Crippen molar-refractivity contribution in [1.29, 1.82) is 0 Å². The van der Waals surface area contributed by atoms with E-state index in [-0.39, 0.29) is 18.3 Å². The minimum Gasteiger partial charge on any atom is -0.484 e. The lowest BCUT2D eigenvalue weighted by Gasteiger charge is -2.10. The van der Waals surface area contributed by atoms with Crippen LogP contribution in [0.15, 0.2) is 41.4 Å². The quantitative estimate of drug-likeness (QED) is 0.482. The molecule has 21 heavy (non-hydrogen) atoms. The summed E-state index contributed by atoms with van der Waals surface area (Å²) in [7, 11) is 0. The van der Waals surface area contributed by atoms with Crippen LogP contribution in [-0.4, -0.2) is 25.3 Å². The molecule has 0 spiro atoms. The minimum absolute atomic E-state index is 0.147. The minimum atomic E-state index is -4.36. The van der Waals surface area contributed by atoms with Crippen LogP contribution < -0.4 is 15.8 Å². The first kappa shape index (κ1) is 16.9. The van der Waals surface area contributed by atoms with Gasteiger partial charge in [-0.3, -0.25) is 0 Å². The molecule has 116 valence electrons. The highest BCUT2D eigenvalue weighted by Crippen LogP contribution is 2.19. The van der Waals surface area contributed by atoms with Gasteiger partial charge in [-0.05, 0) is 24.6 Å². The fourth-order valence-electron chi connectivity index (χ4n) is 1.37. The smallest absolute Gasteiger partial charge is 0.422 e. The molecule has 4 nitrogen and oxygen atoms in total. The number of benzene rings is 1. The van der Waals surface area contributed by atoms with Gasteiger partial charge in [0.2, 0.25) is 0 Å². The highest BCUT2D eigenvalue weighted by atomic mass is 19.4. The van der Waals surface area contributed by atoms with E-state index >= 15 is 0 Å². The van der Waals surface area contributed by atoms with E-state index in [2.05, 4.69) is 21.6 Å². The van der Waals surface area contributed by atoms with E-state index in [1.54, 1.807) is 12.1 Å². The predicted octanol–water partition coefficient (Wildman–Crippen LogP) is 2.61. The predicted molar refractivity (Wildman–Crippen MR) is 76.1 cm³/mol. The first-order valence-corrected chi connectivity index (χ1v) is 6.23. The lowest BCUT2D eigenvalue weighted by molar-refractivity contribution is -0.153. The van der Waals surface area contributed by atoms with E-state index in [9.17, 15) is 13.2 Å². The van der Waals surface area contributed by atoms with Crippen molar-refractivity contribution in [3.8, 4) is 5.75 Å². The maximum atomic E-state index is 12.1. The number of nitrogens with two attached hydrogens (primary N) is 1. The summed E-state index contributed by atoms with van der Waals surface area (Å²) in [5.41, 5.74) is 7.26. The van der Waals surface area contributed by atoms with Crippen LogP contribution in [0, 0.1) is 0 Å². The largest absolute Gasteiger partial charge is 0.484 e. The molecule has 0 amide bonds. The molecule has 7 heteroatoms. The molecule has 0 atom stereocenters. The molecule has 0 radical (unpaired) electrons. The van der Waals surface area contributed by atoms with Crippen molar-refractivity contribution in [3.05, 3.63) is 42.0 Å². The van der Waals surface area contributed by atoms with Gasteiger partial charge in [-0.25, -0.2) is 4.99 Å². The van der Waals surface area contributed by atoms with Gasteiger partial charge in [0.25, 0.3) is 0 Å². The number of rotatable bonds is 6. The third kappa shape index (κ3) is 7.86. The molecule has 0 heterocycles. The molecule has 0 fully saturated rings. The number of hydrogen-bond acceptors (Lipinski definition) is 2. The third-order valence-corrected chi connectivity index (χ3v) is 2.30. The van der Waals surface area contributed by atoms with Crippen LogP contribution in [0.2, 0.25) is 0 Å².